The summed E-state index contributed by atoms with van der Waals surface area (Å²) in [5, 5.41) is 3.08. The van der Waals surface area contributed by atoms with Crippen molar-refractivity contribution in [3.05, 3.63) is 65.0 Å². The lowest BCUT2D eigenvalue weighted by Gasteiger charge is -2.10. The van der Waals surface area contributed by atoms with Crippen LogP contribution in [-0.4, -0.2) is 6.54 Å². The van der Waals surface area contributed by atoms with Gasteiger partial charge in [-0.05, 0) is 30.3 Å². The van der Waals surface area contributed by atoms with E-state index in [-0.39, 0.29) is 17.9 Å². The second kappa shape index (κ2) is 7.13. The first-order chi connectivity index (χ1) is 10.1. The molecule has 0 atom stereocenters. The van der Waals surface area contributed by atoms with Gasteiger partial charge in [-0.25, -0.2) is 13.2 Å². The highest BCUT2D eigenvalue weighted by atomic mass is 19.2. The molecule has 2 nitrogen and oxygen atoms in total. The molecule has 0 saturated carbocycles. The molecule has 112 valence electrons. The van der Waals surface area contributed by atoms with Crippen LogP contribution in [0.25, 0.3) is 0 Å². The Balaban J connectivity index is 2.04. The predicted molar refractivity (Wildman–Crippen MR) is 74.5 cm³/mol. The van der Waals surface area contributed by atoms with Gasteiger partial charge in [0.2, 0.25) is 0 Å². The Morgan fingerprint density at radius 3 is 2.57 bits per heavy atom. The molecule has 1 N–H and O–H groups in total. The molecule has 21 heavy (non-hydrogen) atoms. The molecular weight excluding hydrogens is 279 g/mol. The lowest BCUT2D eigenvalue weighted by molar-refractivity contribution is 0.282. The van der Waals surface area contributed by atoms with E-state index in [1.165, 1.54) is 24.3 Å². The van der Waals surface area contributed by atoms with Crippen LogP contribution in [0.1, 0.15) is 18.1 Å². The zero-order chi connectivity index (χ0) is 15.2. The zero-order valence-electron chi connectivity index (χ0n) is 11.6. The van der Waals surface area contributed by atoms with Crippen molar-refractivity contribution in [2.45, 2.75) is 20.1 Å². The second-order valence-electron chi connectivity index (χ2n) is 4.55. The van der Waals surface area contributed by atoms with E-state index in [4.69, 9.17) is 4.74 Å². The van der Waals surface area contributed by atoms with E-state index in [0.717, 1.165) is 18.2 Å². The summed E-state index contributed by atoms with van der Waals surface area (Å²) in [5.41, 5.74) is 0.838. The van der Waals surface area contributed by atoms with Gasteiger partial charge in [-0.15, -0.1) is 0 Å². The summed E-state index contributed by atoms with van der Waals surface area (Å²) in [6.45, 7) is 3.08. The Morgan fingerprint density at radius 2 is 1.86 bits per heavy atom. The molecule has 0 bridgehead atoms. The molecule has 5 heteroatoms. The van der Waals surface area contributed by atoms with Gasteiger partial charge in [0, 0.05) is 12.1 Å². The van der Waals surface area contributed by atoms with Gasteiger partial charge in [0.25, 0.3) is 0 Å². The molecule has 0 fully saturated rings. The van der Waals surface area contributed by atoms with Crippen LogP contribution in [0.15, 0.2) is 36.4 Å². The molecule has 0 aliphatic carbocycles. The maximum absolute atomic E-state index is 13.8. The molecule has 0 unspecified atom stereocenters. The third-order valence-corrected chi connectivity index (χ3v) is 2.99. The Bertz CT molecular complexity index is 616. The smallest absolute Gasteiger partial charge is 0.165 e. The Morgan fingerprint density at radius 1 is 1.05 bits per heavy atom. The van der Waals surface area contributed by atoms with E-state index >= 15 is 0 Å². The fraction of sp³-hybridized carbons (Fsp3) is 0.250. The van der Waals surface area contributed by atoms with Crippen LogP contribution >= 0.6 is 0 Å². The van der Waals surface area contributed by atoms with E-state index < -0.39 is 17.5 Å². The number of nitrogens with one attached hydrogen (secondary N) is 1. The number of hydrogen-bond donors (Lipinski definition) is 1. The predicted octanol–water partition coefficient (Wildman–Crippen LogP) is 3.79. The van der Waals surface area contributed by atoms with Crippen LogP contribution in [0.5, 0.6) is 5.75 Å². The van der Waals surface area contributed by atoms with Gasteiger partial charge < -0.3 is 10.1 Å². The molecular formula is C16H16F3NO. The first kappa shape index (κ1) is 15.4. The SMILES string of the molecule is CCNCc1ccc(OCc2cccc(F)c2F)c(F)c1. The minimum absolute atomic E-state index is 0.0129. The van der Waals surface area contributed by atoms with Crippen molar-refractivity contribution in [2.75, 3.05) is 6.54 Å². The van der Waals surface area contributed by atoms with E-state index in [1.54, 1.807) is 6.07 Å². The molecule has 0 aliphatic rings. The normalized spacial score (nSPS) is 10.7. The summed E-state index contributed by atoms with van der Waals surface area (Å²) in [5.74, 6) is -2.43. The highest BCUT2D eigenvalue weighted by Gasteiger charge is 2.10. The summed E-state index contributed by atoms with van der Waals surface area (Å²) >= 11 is 0. The van der Waals surface area contributed by atoms with Crippen molar-refractivity contribution in [1.29, 1.82) is 0 Å². The van der Waals surface area contributed by atoms with Crippen LogP contribution in [0.3, 0.4) is 0 Å². The van der Waals surface area contributed by atoms with Crippen LogP contribution in [-0.2, 0) is 13.2 Å². The summed E-state index contributed by atoms with van der Waals surface area (Å²) in [7, 11) is 0. The molecule has 0 heterocycles. The van der Waals surface area contributed by atoms with Gasteiger partial charge >= 0.3 is 0 Å². The Labute approximate surface area is 121 Å². The van der Waals surface area contributed by atoms with Gasteiger partial charge in [0.15, 0.2) is 23.2 Å². The fourth-order valence-corrected chi connectivity index (χ4v) is 1.86. The first-order valence-electron chi connectivity index (χ1n) is 6.66. The molecule has 2 aromatic rings. The maximum atomic E-state index is 13.8. The summed E-state index contributed by atoms with van der Waals surface area (Å²) < 4.78 is 45.6. The van der Waals surface area contributed by atoms with Crippen molar-refractivity contribution in [1.82, 2.24) is 5.32 Å². The number of ether oxygens (including phenoxy) is 1. The first-order valence-corrected chi connectivity index (χ1v) is 6.66. The number of benzene rings is 2. The van der Waals surface area contributed by atoms with Crippen LogP contribution in [0.4, 0.5) is 13.2 Å². The van der Waals surface area contributed by atoms with E-state index in [2.05, 4.69) is 5.32 Å². The van der Waals surface area contributed by atoms with E-state index in [1.807, 2.05) is 6.92 Å². The van der Waals surface area contributed by atoms with Crippen molar-refractivity contribution in [3.8, 4) is 5.75 Å². The quantitative estimate of drug-likeness (QED) is 0.875. The number of hydrogen-bond acceptors (Lipinski definition) is 2. The minimum atomic E-state index is -0.971. The third kappa shape index (κ3) is 3.98. The number of halogens is 3. The molecule has 0 spiro atoms. The van der Waals surface area contributed by atoms with Gasteiger partial charge in [0.05, 0.1) is 0 Å². The highest BCUT2D eigenvalue weighted by Crippen LogP contribution is 2.21. The van der Waals surface area contributed by atoms with Crippen molar-refractivity contribution >= 4 is 0 Å². The van der Waals surface area contributed by atoms with Crippen LogP contribution < -0.4 is 10.1 Å². The van der Waals surface area contributed by atoms with Crippen molar-refractivity contribution < 1.29 is 17.9 Å². The molecule has 2 rings (SSSR count). The molecule has 0 radical (unpaired) electrons. The van der Waals surface area contributed by atoms with Gasteiger partial charge in [0.1, 0.15) is 6.61 Å². The van der Waals surface area contributed by atoms with Gasteiger partial charge in [-0.2, -0.15) is 0 Å². The zero-order valence-corrected chi connectivity index (χ0v) is 11.6. The molecule has 0 saturated heterocycles. The molecule has 0 amide bonds. The Hall–Kier alpha value is -2.01. The molecule has 0 aliphatic heterocycles. The summed E-state index contributed by atoms with van der Waals surface area (Å²) in [6.07, 6.45) is 0. The van der Waals surface area contributed by atoms with E-state index in [0.29, 0.717) is 6.54 Å². The maximum Gasteiger partial charge on any atom is 0.165 e. The minimum Gasteiger partial charge on any atom is -0.486 e. The average Bonchev–Trinajstić information content (AvgIpc) is 2.48. The summed E-state index contributed by atoms with van der Waals surface area (Å²) in [4.78, 5) is 0. The highest BCUT2D eigenvalue weighted by molar-refractivity contribution is 5.30. The molecule has 2 aromatic carbocycles. The average molecular weight is 295 g/mol. The van der Waals surface area contributed by atoms with Gasteiger partial charge in [-0.3, -0.25) is 0 Å². The third-order valence-electron chi connectivity index (χ3n) is 2.99. The van der Waals surface area contributed by atoms with Crippen LogP contribution in [0, 0.1) is 17.5 Å². The van der Waals surface area contributed by atoms with Gasteiger partial charge in [-0.1, -0.05) is 25.1 Å². The van der Waals surface area contributed by atoms with Crippen molar-refractivity contribution in [2.24, 2.45) is 0 Å². The standard InChI is InChI=1S/C16H16F3NO/c1-2-20-9-11-6-7-15(14(18)8-11)21-10-12-4-3-5-13(17)16(12)19/h3-8,20H,2,9-10H2,1H3. The van der Waals surface area contributed by atoms with E-state index in [9.17, 15) is 13.2 Å². The largest absolute Gasteiger partial charge is 0.486 e. The topological polar surface area (TPSA) is 21.3 Å². The number of rotatable bonds is 6. The van der Waals surface area contributed by atoms with Crippen LogP contribution in [0.2, 0.25) is 0 Å². The summed E-state index contributed by atoms with van der Waals surface area (Å²) in [6, 6.07) is 8.37. The molecule has 0 aromatic heterocycles. The lowest BCUT2D eigenvalue weighted by Crippen LogP contribution is -2.11. The fourth-order valence-electron chi connectivity index (χ4n) is 1.86. The monoisotopic (exact) mass is 295 g/mol. The Kier molecular flexibility index (Phi) is 5.22. The second-order valence-corrected chi connectivity index (χ2v) is 4.55. The van der Waals surface area contributed by atoms with Crippen molar-refractivity contribution in [3.63, 3.8) is 0 Å². The lowest BCUT2D eigenvalue weighted by atomic mass is 10.2.